The molecule has 37 heavy (non-hydrogen) atoms. The van der Waals surface area contributed by atoms with E-state index in [1.165, 1.54) is 28.8 Å². The average Bonchev–Trinajstić information content (AvgIpc) is 3.20. The van der Waals surface area contributed by atoms with Gasteiger partial charge in [-0.15, -0.1) is 0 Å². The molecule has 192 valence electrons. The second-order valence-corrected chi connectivity index (χ2v) is 10.2. The lowest BCUT2D eigenvalue weighted by Crippen LogP contribution is -2.22. The Balaban J connectivity index is 1.82. The lowest BCUT2D eigenvalue weighted by molar-refractivity contribution is -0.145. The molecule has 0 N–H and O–H groups in total. The third-order valence-electron chi connectivity index (χ3n) is 5.08. The van der Waals surface area contributed by atoms with Crippen LogP contribution < -0.4 is 10.3 Å². The van der Waals surface area contributed by atoms with Crippen molar-refractivity contribution in [2.75, 3.05) is 19.0 Å². The molecule has 0 radical (unpaired) electrons. The van der Waals surface area contributed by atoms with Crippen LogP contribution in [0.25, 0.3) is 21.7 Å². The van der Waals surface area contributed by atoms with Crippen molar-refractivity contribution in [3.8, 4) is 17.1 Å². The number of thiazole rings is 1. The first-order chi connectivity index (χ1) is 17.8. The van der Waals surface area contributed by atoms with E-state index in [4.69, 9.17) is 26.7 Å². The van der Waals surface area contributed by atoms with E-state index in [0.29, 0.717) is 38.0 Å². The molecule has 4 aromatic rings. The summed E-state index contributed by atoms with van der Waals surface area (Å²) in [5.74, 6) is -0.875. The average molecular weight is 560 g/mol. The second-order valence-electron chi connectivity index (χ2n) is 7.60. The molecule has 4 rings (SSSR count). The Labute approximate surface area is 224 Å². The van der Waals surface area contributed by atoms with E-state index in [2.05, 4.69) is 0 Å². The summed E-state index contributed by atoms with van der Waals surface area (Å²) < 4.78 is 27.7. The van der Waals surface area contributed by atoms with Gasteiger partial charge >= 0.3 is 5.97 Å². The van der Waals surface area contributed by atoms with Gasteiger partial charge in [-0.1, -0.05) is 23.1 Å². The molecule has 0 fully saturated rings. The zero-order valence-electron chi connectivity index (χ0n) is 19.9. The van der Waals surface area contributed by atoms with Crippen LogP contribution in [0.1, 0.15) is 20.3 Å². The maximum atomic E-state index is 13.7. The van der Waals surface area contributed by atoms with Gasteiger partial charge in [0, 0.05) is 5.69 Å². The summed E-state index contributed by atoms with van der Waals surface area (Å²) in [5.41, 5.74) is 1.01. The molecule has 0 saturated carbocycles. The van der Waals surface area contributed by atoms with E-state index in [0.717, 1.165) is 23.1 Å². The Kier molecular flexibility index (Phi) is 8.52. The number of ketones is 1. The Morgan fingerprint density at radius 1 is 1.03 bits per heavy atom. The van der Waals surface area contributed by atoms with Gasteiger partial charge in [0.15, 0.2) is 20.5 Å². The number of carbonyl (C=O) groups excluding carboxylic acids is 2. The number of thioether (sulfide) groups is 1. The number of aromatic nitrogens is 3. The van der Waals surface area contributed by atoms with Gasteiger partial charge in [-0.3, -0.25) is 23.5 Å². The van der Waals surface area contributed by atoms with Gasteiger partial charge in [-0.05, 0) is 74.6 Å². The highest BCUT2D eigenvalue weighted by Gasteiger charge is 2.20. The predicted octanol–water partition coefficient (Wildman–Crippen LogP) is 5.12. The quantitative estimate of drug-likeness (QED) is 0.0869. The molecular weight excluding hydrogens is 537 g/mol. The van der Waals surface area contributed by atoms with Crippen LogP contribution in [0, 0.1) is 9.77 Å². The van der Waals surface area contributed by atoms with E-state index in [1.54, 1.807) is 23.6 Å². The molecule has 2 aromatic carbocycles. The summed E-state index contributed by atoms with van der Waals surface area (Å²) in [4.78, 5) is 42.5. The van der Waals surface area contributed by atoms with Gasteiger partial charge in [-0.25, -0.2) is 9.37 Å². The molecule has 0 bridgehead atoms. The molecule has 0 spiro atoms. The summed E-state index contributed by atoms with van der Waals surface area (Å²) in [7, 11) is 0. The van der Waals surface area contributed by atoms with Crippen LogP contribution in [0.5, 0.6) is 5.75 Å². The molecule has 0 aliphatic heterocycles. The Bertz CT molecular complexity index is 1560. The topological polar surface area (TPSA) is 92.4 Å². The molecule has 8 nitrogen and oxygen atoms in total. The maximum absolute atomic E-state index is 13.7. The summed E-state index contributed by atoms with van der Waals surface area (Å²) in [5, 5.41) is 0.203. The SMILES string of the molecule is CCOC(=O)CC(=O)CSc1nc2c(sc(=S)n2-c2ccc(OCC)cc2)c(=O)n1-c1ccc(F)cc1. The van der Waals surface area contributed by atoms with Crippen molar-refractivity contribution < 1.29 is 23.5 Å². The van der Waals surface area contributed by atoms with Crippen molar-refractivity contribution in [1.82, 2.24) is 14.1 Å². The summed E-state index contributed by atoms with van der Waals surface area (Å²) >= 11 is 7.69. The Morgan fingerprint density at radius 3 is 2.32 bits per heavy atom. The van der Waals surface area contributed by atoms with E-state index >= 15 is 0 Å². The molecule has 12 heteroatoms. The molecule has 2 heterocycles. The van der Waals surface area contributed by atoms with E-state index in [9.17, 15) is 18.8 Å². The first kappa shape index (κ1) is 26.7. The third-order valence-corrected chi connectivity index (χ3v) is 7.43. The van der Waals surface area contributed by atoms with Crippen LogP contribution in [0.4, 0.5) is 4.39 Å². The molecule has 0 atom stereocenters. The van der Waals surface area contributed by atoms with Crippen LogP contribution in [-0.2, 0) is 14.3 Å². The van der Waals surface area contributed by atoms with Crippen molar-refractivity contribution >= 4 is 57.4 Å². The minimum absolute atomic E-state index is 0.119. The van der Waals surface area contributed by atoms with Crippen LogP contribution in [0.2, 0.25) is 0 Å². The van der Waals surface area contributed by atoms with Gasteiger partial charge in [-0.2, -0.15) is 0 Å². The van der Waals surface area contributed by atoms with Crippen molar-refractivity contribution in [3.63, 3.8) is 0 Å². The molecule has 0 amide bonds. The zero-order chi connectivity index (χ0) is 26.5. The van der Waals surface area contributed by atoms with E-state index < -0.39 is 17.3 Å². The fourth-order valence-corrected chi connectivity index (χ4v) is 5.67. The second kappa shape index (κ2) is 11.8. The monoisotopic (exact) mass is 559 g/mol. The molecule has 0 aliphatic rings. The number of carbonyl (C=O) groups is 2. The molecule has 0 aliphatic carbocycles. The highest BCUT2D eigenvalue weighted by Crippen LogP contribution is 2.28. The lowest BCUT2D eigenvalue weighted by Gasteiger charge is -2.13. The first-order valence-electron chi connectivity index (χ1n) is 11.3. The number of hydrogen-bond donors (Lipinski definition) is 0. The van der Waals surface area contributed by atoms with Crippen LogP contribution >= 0.6 is 35.3 Å². The predicted molar refractivity (Wildman–Crippen MR) is 143 cm³/mol. The molecule has 0 unspecified atom stereocenters. The largest absolute Gasteiger partial charge is 0.494 e. The fourth-order valence-electron chi connectivity index (χ4n) is 3.51. The standard InChI is InChI=1S/C25H22FN3O5S3/c1-3-33-19-11-9-16(10-12-19)28-22-21(37-25(28)35)23(32)29(17-7-5-15(26)6-8-17)24(27-22)36-14-18(30)13-20(31)34-4-2/h5-12H,3-4,13-14H2,1-2H3. The van der Waals surface area contributed by atoms with E-state index in [1.807, 2.05) is 19.1 Å². The highest BCUT2D eigenvalue weighted by molar-refractivity contribution is 7.99. The van der Waals surface area contributed by atoms with Crippen LogP contribution in [0.3, 0.4) is 0 Å². The Hall–Kier alpha value is -3.35. The first-order valence-corrected chi connectivity index (χ1v) is 13.5. The molecular formula is C25H22FN3O5S3. The third kappa shape index (κ3) is 5.97. The smallest absolute Gasteiger partial charge is 0.313 e. The van der Waals surface area contributed by atoms with Crippen molar-refractivity contribution in [1.29, 1.82) is 0 Å². The highest BCUT2D eigenvalue weighted by atomic mass is 32.2. The lowest BCUT2D eigenvalue weighted by atomic mass is 10.3. The number of nitrogens with zero attached hydrogens (tertiary/aromatic N) is 3. The van der Waals surface area contributed by atoms with Crippen LogP contribution in [0.15, 0.2) is 58.5 Å². The maximum Gasteiger partial charge on any atom is 0.313 e. The number of ether oxygens (including phenoxy) is 2. The minimum atomic E-state index is -0.616. The van der Waals surface area contributed by atoms with Crippen LogP contribution in [-0.4, -0.2) is 44.8 Å². The summed E-state index contributed by atoms with van der Waals surface area (Å²) in [6, 6.07) is 12.6. The minimum Gasteiger partial charge on any atom is -0.494 e. The van der Waals surface area contributed by atoms with Gasteiger partial charge in [0.05, 0.1) is 24.7 Å². The molecule has 0 saturated heterocycles. The van der Waals surface area contributed by atoms with Gasteiger partial charge in [0.2, 0.25) is 0 Å². The summed E-state index contributed by atoms with van der Waals surface area (Å²) in [6.07, 6.45) is -0.384. The Morgan fingerprint density at radius 2 is 1.68 bits per heavy atom. The number of halogens is 1. The number of esters is 1. The van der Waals surface area contributed by atoms with Crippen molar-refractivity contribution in [3.05, 3.63) is 68.7 Å². The molecule has 2 aromatic heterocycles. The van der Waals surface area contributed by atoms with Gasteiger partial charge in [0.25, 0.3) is 5.56 Å². The summed E-state index contributed by atoms with van der Waals surface area (Å²) in [6.45, 7) is 4.25. The van der Waals surface area contributed by atoms with Crippen molar-refractivity contribution in [2.24, 2.45) is 0 Å². The zero-order valence-corrected chi connectivity index (χ0v) is 22.4. The number of benzene rings is 2. The number of rotatable bonds is 10. The number of hydrogen-bond acceptors (Lipinski definition) is 9. The fraction of sp³-hybridized carbons (Fsp3) is 0.240. The normalized spacial score (nSPS) is 11.0. The van der Waals surface area contributed by atoms with Gasteiger partial charge < -0.3 is 9.47 Å². The number of fused-ring (bicyclic) bond motifs is 1. The van der Waals surface area contributed by atoms with Gasteiger partial charge in [0.1, 0.15) is 22.7 Å². The number of Topliss-reactive ketones (excluding diaryl/α,β-unsaturated/α-hetero) is 1. The van der Waals surface area contributed by atoms with E-state index in [-0.39, 0.29) is 29.7 Å². The van der Waals surface area contributed by atoms with Crippen molar-refractivity contribution in [2.45, 2.75) is 25.4 Å².